The number of benzene rings is 2. The van der Waals surface area contributed by atoms with Crippen molar-refractivity contribution in [3.8, 4) is 5.69 Å². The number of rotatable bonds is 5. The zero-order valence-electron chi connectivity index (χ0n) is 13.4. The molecule has 0 fully saturated rings. The molecule has 0 spiro atoms. The van der Waals surface area contributed by atoms with Gasteiger partial charge in [-0.05, 0) is 47.5 Å². The van der Waals surface area contributed by atoms with E-state index in [1.54, 1.807) is 12.1 Å². The van der Waals surface area contributed by atoms with Gasteiger partial charge in [0.1, 0.15) is 11.5 Å². The van der Waals surface area contributed by atoms with Gasteiger partial charge in [0, 0.05) is 16.6 Å². The number of aryl methyl sites for hydroxylation is 2. The quantitative estimate of drug-likeness (QED) is 0.714. The second kappa shape index (κ2) is 7.00. The average molecular weight is 344 g/mol. The lowest BCUT2D eigenvalue weighted by Crippen LogP contribution is -2.09. The van der Waals surface area contributed by atoms with Crippen molar-refractivity contribution >= 4 is 10.8 Å². The van der Waals surface area contributed by atoms with E-state index in [2.05, 4.69) is 15.5 Å². The summed E-state index contributed by atoms with van der Waals surface area (Å²) in [6, 6.07) is 12.6. The van der Waals surface area contributed by atoms with E-state index < -0.39 is 16.6 Å². The monoisotopic (exact) mass is 344 g/mol. The summed E-state index contributed by atoms with van der Waals surface area (Å²) in [4.78, 5) is 0. The molecule has 0 aliphatic carbocycles. The van der Waals surface area contributed by atoms with Gasteiger partial charge in [0.15, 0.2) is 5.82 Å². The van der Waals surface area contributed by atoms with E-state index in [0.29, 0.717) is 11.6 Å². The third-order valence-electron chi connectivity index (χ3n) is 3.60. The second-order valence-electron chi connectivity index (χ2n) is 5.68. The van der Waals surface area contributed by atoms with Crippen molar-refractivity contribution in [3.05, 3.63) is 70.8 Å². The molecule has 2 aromatic carbocycles. The Morgan fingerprint density at radius 1 is 1.04 bits per heavy atom. The summed E-state index contributed by atoms with van der Waals surface area (Å²) < 4.78 is 27.8. The van der Waals surface area contributed by atoms with E-state index in [4.69, 9.17) is 0 Å². The fraction of sp³-hybridized carbons (Fsp3) is 0.235. The Labute approximate surface area is 142 Å². The van der Waals surface area contributed by atoms with Crippen LogP contribution in [0.5, 0.6) is 0 Å². The molecule has 0 aliphatic rings. The maximum atomic E-state index is 14.0. The van der Waals surface area contributed by atoms with Crippen LogP contribution in [0.25, 0.3) is 5.69 Å². The standard InChI is InChI=1S/C17H17FN4OS/c1-12-3-6-14(7-4-12)10-24(23)11-17-19-20-21-22(17)16-9-13(2)5-8-15(16)18/h3-9H,10-11H2,1-2H3/t24-/m0/s1. The predicted molar refractivity (Wildman–Crippen MR) is 90.6 cm³/mol. The Hall–Kier alpha value is -2.41. The van der Waals surface area contributed by atoms with Crippen LogP contribution in [0, 0.1) is 19.7 Å². The van der Waals surface area contributed by atoms with Crippen LogP contribution in [0.1, 0.15) is 22.5 Å². The van der Waals surface area contributed by atoms with Crippen LogP contribution in [0.2, 0.25) is 0 Å². The topological polar surface area (TPSA) is 60.7 Å². The molecule has 3 aromatic rings. The third kappa shape index (κ3) is 3.73. The fourth-order valence-corrected chi connectivity index (χ4v) is 3.47. The van der Waals surface area contributed by atoms with Gasteiger partial charge in [0.05, 0.1) is 5.75 Å². The molecule has 1 atom stereocenters. The van der Waals surface area contributed by atoms with Gasteiger partial charge in [-0.25, -0.2) is 4.39 Å². The largest absolute Gasteiger partial charge is 0.259 e. The Bertz CT molecular complexity index is 877. The molecule has 0 amide bonds. The Morgan fingerprint density at radius 2 is 1.75 bits per heavy atom. The molecule has 0 saturated carbocycles. The van der Waals surface area contributed by atoms with Gasteiger partial charge in [-0.2, -0.15) is 4.68 Å². The van der Waals surface area contributed by atoms with Crippen molar-refractivity contribution in [3.63, 3.8) is 0 Å². The molecule has 1 heterocycles. The van der Waals surface area contributed by atoms with Crippen LogP contribution in [0.15, 0.2) is 42.5 Å². The van der Waals surface area contributed by atoms with Gasteiger partial charge in [0.25, 0.3) is 0 Å². The highest BCUT2D eigenvalue weighted by Gasteiger charge is 2.15. The number of hydrogen-bond donors (Lipinski definition) is 0. The van der Waals surface area contributed by atoms with Gasteiger partial charge in [-0.3, -0.25) is 4.21 Å². The highest BCUT2D eigenvalue weighted by atomic mass is 32.2. The maximum Gasteiger partial charge on any atom is 0.169 e. The molecular formula is C17H17FN4OS. The first-order valence-corrected chi connectivity index (χ1v) is 8.96. The van der Waals surface area contributed by atoms with Crippen molar-refractivity contribution in [2.24, 2.45) is 0 Å². The van der Waals surface area contributed by atoms with Crippen molar-refractivity contribution in [1.82, 2.24) is 20.2 Å². The van der Waals surface area contributed by atoms with E-state index in [1.807, 2.05) is 38.1 Å². The van der Waals surface area contributed by atoms with Crippen molar-refractivity contribution in [2.75, 3.05) is 0 Å². The molecule has 0 aliphatic heterocycles. The molecule has 0 bridgehead atoms. The van der Waals surface area contributed by atoms with Crippen LogP contribution in [-0.2, 0) is 22.3 Å². The number of tetrazole rings is 1. The normalized spacial score (nSPS) is 12.3. The highest BCUT2D eigenvalue weighted by molar-refractivity contribution is 7.83. The zero-order chi connectivity index (χ0) is 17.1. The lowest BCUT2D eigenvalue weighted by atomic mass is 10.2. The summed E-state index contributed by atoms with van der Waals surface area (Å²) in [5.74, 6) is 0.529. The maximum absolute atomic E-state index is 14.0. The van der Waals surface area contributed by atoms with Crippen molar-refractivity contribution < 1.29 is 8.60 Å². The van der Waals surface area contributed by atoms with Gasteiger partial charge in [0.2, 0.25) is 0 Å². The summed E-state index contributed by atoms with van der Waals surface area (Å²) in [7, 11) is -1.19. The number of hydrogen-bond acceptors (Lipinski definition) is 4. The van der Waals surface area contributed by atoms with E-state index in [0.717, 1.165) is 16.7 Å². The van der Waals surface area contributed by atoms with Gasteiger partial charge < -0.3 is 0 Å². The van der Waals surface area contributed by atoms with Crippen molar-refractivity contribution in [1.29, 1.82) is 0 Å². The van der Waals surface area contributed by atoms with Gasteiger partial charge >= 0.3 is 0 Å². The van der Waals surface area contributed by atoms with E-state index >= 15 is 0 Å². The molecule has 3 rings (SSSR count). The first-order chi connectivity index (χ1) is 11.5. The van der Waals surface area contributed by atoms with Gasteiger partial charge in [-0.15, -0.1) is 5.10 Å². The van der Waals surface area contributed by atoms with Crippen LogP contribution >= 0.6 is 0 Å². The minimum Gasteiger partial charge on any atom is -0.259 e. The molecule has 7 heteroatoms. The molecule has 0 unspecified atom stereocenters. The molecule has 0 radical (unpaired) electrons. The van der Waals surface area contributed by atoms with Crippen molar-refractivity contribution in [2.45, 2.75) is 25.4 Å². The minimum atomic E-state index is -1.19. The van der Waals surface area contributed by atoms with E-state index in [9.17, 15) is 8.60 Å². The number of halogens is 1. The summed E-state index contributed by atoms with van der Waals surface area (Å²) >= 11 is 0. The minimum absolute atomic E-state index is 0.161. The number of nitrogens with zero attached hydrogens (tertiary/aromatic N) is 4. The highest BCUT2D eigenvalue weighted by Crippen LogP contribution is 2.16. The molecule has 1 aromatic heterocycles. The van der Waals surface area contributed by atoms with E-state index in [-0.39, 0.29) is 11.4 Å². The molecular weight excluding hydrogens is 327 g/mol. The smallest absolute Gasteiger partial charge is 0.169 e. The average Bonchev–Trinajstić information content (AvgIpc) is 3.00. The molecule has 0 N–H and O–H groups in total. The van der Waals surface area contributed by atoms with Crippen LogP contribution in [0.4, 0.5) is 4.39 Å². The summed E-state index contributed by atoms with van der Waals surface area (Å²) in [5, 5.41) is 11.3. The third-order valence-corrected chi connectivity index (χ3v) is 4.84. The lowest BCUT2D eigenvalue weighted by Gasteiger charge is -2.07. The van der Waals surface area contributed by atoms with Gasteiger partial charge in [-0.1, -0.05) is 35.9 Å². The zero-order valence-corrected chi connectivity index (χ0v) is 14.3. The summed E-state index contributed by atoms with van der Waals surface area (Å²) in [6.07, 6.45) is 0. The van der Waals surface area contributed by atoms with Crippen LogP contribution in [-0.4, -0.2) is 24.4 Å². The molecule has 124 valence electrons. The Morgan fingerprint density at radius 3 is 2.50 bits per heavy atom. The Balaban J connectivity index is 1.79. The molecule has 0 saturated heterocycles. The van der Waals surface area contributed by atoms with E-state index in [1.165, 1.54) is 10.7 Å². The summed E-state index contributed by atoms with van der Waals surface area (Å²) in [5.41, 5.74) is 3.30. The second-order valence-corrected chi connectivity index (χ2v) is 7.13. The fourth-order valence-electron chi connectivity index (χ4n) is 2.33. The Kier molecular flexibility index (Phi) is 4.80. The van der Waals surface area contributed by atoms with Crippen LogP contribution in [0.3, 0.4) is 0 Å². The molecule has 5 nitrogen and oxygen atoms in total. The first-order valence-electron chi connectivity index (χ1n) is 7.47. The van der Waals surface area contributed by atoms with Crippen LogP contribution < -0.4 is 0 Å². The molecule has 24 heavy (non-hydrogen) atoms. The SMILES string of the molecule is Cc1ccc(C[S@](=O)Cc2nnnn2-c2cc(C)ccc2F)cc1. The summed E-state index contributed by atoms with van der Waals surface area (Å²) in [6.45, 7) is 3.87. The first kappa shape index (κ1) is 16.4. The predicted octanol–water partition coefficient (Wildman–Crippen LogP) is 2.87. The number of aromatic nitrogens is 4. The lowest BCUT2D eigenvalue weighted by molar-refractivity contribution is 0.603.